The Hall–Kier alpha value is -2.34. The zero-order valence-corrected chi connectivity index (χ0v) is 12.8. The first-order valence-corrected chi connectivity index (χ1v) is 7.75. The predicted molar refractivity (Wildman–Crippen MR) is 85.5 cm³/mol. The number of carbonyl (C=O) groups excluding carboxylic acids is 1. The van der Waals surface area contributed by atoms with Crippen molar-refractivity contribution in [1.29, 1.82) is 0 Å². The normalized spacial score (nSPS) is 18.0. The summed E-state index contributed by atoms with van der Waals surface area (Å²) < 4.78 is 13.1. The van der Waals surface area contributed by atoms with E-state index in [0.29, 0.717) is 24.6 Å². The number of hydrogen-bond acceptors (Lipinski definition) is 4. The molecule has 0 radical (unpaired) electrons. The molecule has 1 amide bonds. The molecule has 5 nitrogen and oxygen atoms in total. The Balaban J connectivity index is 1.45. The van der Waals surface area contributed by atoms with Gasteiger partial charge in [-0.2, -0.15) is 0 Å². The van der Waals surface area contributed by atoms with E-state index in [2.05, 4.69) is 20.2 Å². The Morgan fingerprint density at radius 1 is 1.30 bits per heavy atom. The number of halogens is 1. The lowest BCUT2D eigenvalue weighted by atomic mass is 10.1. The second-order valence-corrected chi connectivity index (χ2v) is 5.70. The van der Waals surface area contributed by atoms with Crippen molar-refractivity contribution in [2.75, 3.05) is 25.0 Å². The zero-order valence-electron chi connectivity index (χ0n) is 12.8. The van der Waals surface area contributed by atoms with E-state index in [-0.39, 0.29) is 11.7 Å². The first-order chi connectivity index (χ1) is 11.2. The first kappa shape index (κ1) is 15.6. The van der Waals surface area contributed by atoms with Crippen LogP contribution in [-0.4, -0.2) is 40.4 Å². The van der Waals surface area contributed by atoms with Crippen LogP contribution in [0, 0.1) is 5.82 Å². The molecule has 0 bridgehead atoms. The van der Waals surface area contributed by atoms with Crippen LogP contribution in [0.25, 0.3) is 0 Å². The summed E-state index contributed by atoms with van der Waals surface area (Å²) in [6, 6.07) is 7.74. The number of anilines is 1. The fraction of sp³-hybridized carbons (Fsp3) is 0.353. The summed E-state index contributed by atoms with van der Waals surface area (Å²) in [6.45, 7) is 2.50. The van der Waals surface area contributed by atoms with Crippen molar-refractivity contribution in [3.8, 4) is 0 Å². The number of benzene rings is 1. The van der Waals surface area contributed by atoms with Crippen LogP contribution in [0.3, 0.4) is 0 Å². The van der Waals surface area contributed by atoms with Crippen molar-refractivity contribution in [1.82, 2.24) is 14.9 Å². The summed E-state index contributed by atoms with van der Waals surface area (Å²) >= 11 is 0. The van der Waals surface area contributed by atoms with E-state index in [9.17, 15) is 9.18 Å². The highest BCUT2D eigenvalue weighted by Gasteiger charge is 2.25. The fourth-order valence-electron chi connectivity index (χ4n) is 2.82. The van der Waals surface area contributed by atoms with Crippen LogP contribution in [0.5, 0.6) is 0 Å². The Bertz CT molecular complexity index is 665. The second kappa shape index (κ2) is 7.28. The van der Waals surface area contributed by atoms with Crippen molar-refractivity contribution < 1.29 is 9.18 Å². The maximum Gasteiger partial charge on any atom is 0.225 e. The summed E-state index contributed by atoms with van der Waals surface area (Å²) in [7, 11) is 0. The maximum absolute atomic E-state index is 13.1. The molecule has 1 N–H and O–H groups in total. The molecule has 6 heteroatoms. The summed E-state index contributed by atoms with van der Waals surface area (Å²) in [6.07, 6.45) is 4.92. The molecule has 1 aliphatic rings. The lowest BCUT2D eigenvalue weighted by Crippen LogP contribution is -2.26. The molecule has 2 heterocycles. The number of nitrogens with one attached hydrogen (secondary N) is 1. The van der Waals surface area contributed by atoms with Crippen LogP contribution >= 0.6 is 0 Å². The highest BCUT2D eigenvalue weighted by atomic mass is 19.1. The second-order valence-electron chi connectivity index (χ2n) is 5.70. The highest BCUT2D eigenvalue weighted by Crippen LogP contribution is 2.24. The fourth-order valence-corrected chi connectivity index (χ4v) is 2.82. The van der Waals surface area contributed by atoms with Gasteiger partial charge in [-0.3, -0.25) is 4.79 Å². The van der Waals surface area contributed by atoms with Gasteiger partial charge in [0.1, 0.15) is 11.6 Å². The van der Waals surface area contributed by atoms with Gasteiger partial charge < -0.3 is 10.2 Å². The third-order valence-electron chi connectivity index (χ3n) is 3.99. The van der Waals surface area contributed by atoms with E-state index < -0.39 is 0 Å². The molecule has 1 atom stereocenters. The zero-order chi connectivity index (χ0) is 16.1. The SMILES string of the molecule is O=C(CCN1CCC(c2ncccn2)C1)Nc1cccc(F)c1. The Labute approximate surface area is 134 Å². The van der Waals surface area contributed by atoms with Gasteiger partial charge in [0, 0.05) is 43.5 Å². The molecule has 1 fully saturated rings. The summed E-state index contributed by atoms with van der Waals surface area (Å²) in [5.74, 6) is 0.754. The molecule has 1 unspecified atom stereocenters. The largest absolute Gasteiger partial charge is 0.326 e. The summed E-state index contributed by atoms with van der Waals surface area (Å²) in [5.41, 5.74) is 0.493. The molecule has 120 valence electrons. The molecule has 0 aliphatic carbocycles. The van der Waals surface area contributed by atoms with E-state index in [1.807, 2.05) is 6.07 Å². The molecule has 1 aliphatic heterocycles. The van der Waals surface area contributed by atoms with Gasteiger partial charge in [-0.15, -0.1) is 0 Å². The number of hydrogen-bond donors (Lipinski definition) is 1. The summed E-state index contributed by atoms with van der Waals surface area (Å²) in [4.78, 5) is 22.8. The van der Waals surface area contributed by atoms with Crippen LogP contribution in [0.1, 0.15) is 24.6 Å². The summed E-state index contributed by atoms with van der Waals surface area (Å²) in [5, 5.41) is 2.72. The van der Waals surface area contributed by atoms with Gasteiger partial charge >= 0.3 is 0 Å². The Morgan fingerprint density at radius 3 is 2.91 bits per heavy atom. The van der Waals surface area contributed by atoms with Crippen LogP contribution < -0.4 is 5.32 Å². The Kier molecular flexibility index (Phi) is 4.92. The van der Waals surface area contributed by atoms with Crippen LogP contribution in [0.15, 0.2) is 42.7 Å². The van der Waals surface area contributed by atoms with Crippen LogP contribution in [-0.2, 0) is 4.79 Å². The van der Waals surface area contributed by atoms with Gasteiger partial charge in [0.05, 0.1) is 0 Å². The number of rotatable bonds is 5. The standard InChI is InChI=1S/C17H19FN4O/c18-14-3-1-4-15(11-14)21-16(23)6-10-22-9-5-13(12-22)17-19-7-2-8-20-17/h1-4,7-8,11,13H,5-6,9-10,12H2,(H,21,23). The number of amides is 1. The molecule has 1 aromatic heterocycles. The third-order valence-corrected chi connectivity index (χ3v) is 3.99. The van der Waals surface area contributed by atoms with Crippen molar-refractivity contribution in [2.45, 2.75) is 18.8 Å². The molecule has 3 rings (SSSR count). The molecule has 23 heavy (non-hydrogen) atoms. The van der Waals surface area contributed by atoms with E-state index in [1.54, 1.807) is 24.5 Å². The molecular formula is C17H19FN4O. The maximum atomic E-state index is 13.1. The van der Waals surface area contributed by atoms with Gasteiger partial charge in [0.15, 0.2) is 0 Å². The van der Waals surface area contributed by atoms with Crippen molar-refractivity contribution in [3.63, 3.8) is 0 Å². The number of likely N-dealkylation sites (tertiary alicyclic amines) is 1. The van der Waals surface area contributed by atoms with Crippen molar-refractivity contribution in [3.05, 3.63) is 54.4 Å². The lowest BCUT2D eigenvalue weighted by Gasteiger charge is -2.15. The van der Waals surface area contributed by atoms with E-state index in [1.165, 1.54) is 12.1 Å². The molecule has 1 aromatic carbocycles. The first-order valence-electron chi connectivity index (χ1n) is 7.75. The predicted octanol–water partition coefficient (Wildman–Crippen LogP) is 2.43. The minimum atomic E-state index is -0.354. The van der Waals surface area contributed by atoms with E-state index in [0.717, 1.165) is 25.3 Å². The van der Waals surface area contributed by atoms with Gasteiger partial charge in [-0.05, 0) is 37.2 Å². The van der Waals surface area contributed by atoms with Gasteiger partial charge in [0.25, 0.3) is 0 Å². The average molecular weight is 314 g/mol. The number of carbonyl (C=O) groups is 1. The molecule has 0 spiro atoms. The molecular weight excluding hydrogens is 295 g/mol. The molecule has 0 saturated carbocycles. The van der Waals surface area contributed by atoms with Crippen LogP contribution in [0.4, 0.5) is 10.1 Å². The molecule has 2 aromatic rings. The number of nitrogens with zero attached hydrogens (tertiary/aromatic N) is 3. The van der Waals surface area contributed by atoms with E-state index >= 15 is 0 Å². The molecule has 1 saturated heterocycles. The Morgan fingerprint density at radius 2 is 2.13 bits per heavy atom. The third kappa shape index (κ3) is 4.32. The minimum absolute atomic E-state index is 0.102. The monoisotopic (exact) mass is 314 g/mol. The van der Waals surface area contributed by atoms with Crippen LogP contribution in [0.2, 0.25) is 0 Å². The van der Waals surface area contributed by atoms with Gasteiger partial charge in [-0.25, -0.2) is 14.4 Å². The quantitative estimate of drug-likeness (QED) is 0.921. The minimum Gasteiger partial charge on any atom is -0.326 e. The highest BCUT2D eigenvalue weighted by molar-refractivity contribution is 5.90. The number of aromatic nitrogens is 2. The average Bonchev–Trinajstić information content (AvgIpc) is 3.03. The van der Waals surface area contributed by atoms with Gasteiger partial charge in [0.2, 0.25) is 5.91 Å². The lowest BCUT2D eigenvalue weighted by molar-refractivity contribution is -0.116. The van der Waals surface area contributed by atoms with Gasteiger partial charge in [-0.1, -0.05) is 6.07 Å². The van der Waals surface area contributed by atoms with Crippen molar-refractivity contribution >= 4 is 11.6 Å². The van der Waals surface area contributed by atoms with Crippen molar-refractivity contribution in [2.24, 2.45) is 0 Å². The van der Waals surface area contributed by atoms with E-state index in [4.69, 9.17) is 0 Å². The smallest absolute Gasteiger partial charge is 0.225 e. The topological polar surface area (TPSA) is 58.1 Å².